The second-order valence-electron chi connectivity index (χ2n) is 24.0. The SMILES string of the molecule is NC(CC(Cc1ccc(F)nc1)C(=O)O)C(=O)O.NC(CC(Cc1ccc([N+](=O)[O-])c(F)c1)C(=O)O)C(=O)O.NC(CC(Cc1cccc(F)n1)C(=O)O)C(=O)O.NC(CC(Cc1cccnc1F)C(=O)O)C(=O)O.NC(CC(Cc1ccnc(F)c1)C(=O)O)C(=O)O.NC(CC(OCCCCCCF)C(=O)O)C(=O)O. The molecule has 38 nitrogen and oxygen atoms in total. The highest BCUT2D eigenvalue weighted by Gasteiger charge is 2.31. The first-order valence-corrected chi connectivity index (χ1v) is 32.6. The lowest BCUT2D eigenvalue weighted by Crippen LogP contribution is -2.38. The number of alkyl halides is 1. The van der Waals surface area contributed by atoms with Crippen LogP contribution in [0.1, 0.15) is 92.2 Å². The lowest BCUT2D eigenvalue weighted by molar-refractivity contribution is -0.387. The fraction of sp³-hybridized carbons (Fsp3) is 0.433. The molecule has 111 heavy (non-hydrogen) atoms. The van der Waals surface area contributed by atoms with Crippen molar-refractivity contribution in [2.45, 2.75) is 139 Å². The van der Waals surface area contributed by atoms with Crippen LogP contribution < -0.4 is 34.4 Å². The predicted molar refractivity (Wildman–Crippen MR) is 367 cm³/mol. The Morgan fingerprint density at radius 2 is 0.820 bits per heavy atom. The number of carbonyl (C=O) groups is 12. The third-order valence-electron chi connectivity index (χ3n) is 15.2. The molecule has 0 aliphatic carbocycles. The highest BCUT2D eigenvalue weighted by molar-refractivity contribution is 5.79. The van der Waals surface area contributed by atoms with Gasteiger partial charge in [-0.15, -0.1) is 0 Å². The molecule has 0 fully saturated rings. The van der Waals surface area contributed by atoms with Crippen LogP contribution in [0.15, 0.2) is 91.4 Å². The van der Waals surface area contributed by atoms with E-state index in [0.717, 1.165) is 43.2 Å². The number of nitrogens with zero attached hydrogens (tertiary/aromatic N) is 5. The fourth-order valence-electron chi connectivity index (χ4n) is 9.17. The van der Waals surface area contributed by atoms with E-state index in [2.05, 4.69) is 19.9 Å². The van der Waals surface area contributed by atoms with E-state index in [0.29, 0.717) is 24.0 Å². The van der Waals surface area contributed by atoms with Crippen LogP contribution in [0.25, 0.3) is 0 Å². The zero-order valence-corrected chi connectivity index (χ0v) is 58.6. The van der Waals surface area contributed by atoms with Crippen LogP contribution in [0, 0.1) is 69.3 Å². The van der Waals surface area contributed by atoms with Gasteiger partial charge in [-0.1, -0.05) is 37.1 Å². The Kier molecular flexibility index (Phi) is 46.7. The monoisotopic (exact) mass is 1590 g/mol. The van der Waals surface area contributed by atoms with Gasteiger partial charge in [0.05, 0.1) is 41.2 Å². The number of nitrogens with two attached hydrogens (primary N) is 6. The van der Waals surface area contributed by atoms with Crippen molar-refractivity contribution in [2.24, 2.45) is 64.0 Å². The summed E-state index contributed by atoms with van der Waals surface area (Å²) in [4.78, 5) is 152. The molecule has 44 heteroatoms. The number of hydrogen-bond acceptors (Lipinski definition) is 25. The van der Waals surface area contributed by atoms with Gasteiger partial charge in [0, 0.05) is 55.4 Å². The molecule has 12 atom stereocenters. The summed E-state index contributed by atoms with van der Waals surface area (Å²) in [5.74, 6) is -23.9. The van der Waals surface area contributed by atoms with E-state index in [9.17, 15) is 94.0 Å². The standard InChI is InChI=1S/C12H13FN2O6.4C11H13FN2O4.C11H20FNO5/c13-8-4-6(1-2-10(8)15(20)21)3-7(11(16)17)5-9(14)12(18)19;12-9-2-1-6(5-14-9)3-7(10(15)16)4-8(13)11(17)18;12-9-4-6(1-2-14-9)3-7(10(15)16)5-8(13)11(17)18;12-9-3-1-2-7(14-9)4-6(10(15)16)5-8(13)11(17)18;12-9-6(2-1-3-14-9)4-7(10(15)16)5-8(13)11(17)18;12-5-3-1-2-4-6-18-9(11(16)17)7-8(13)10(14)15/h1-2,4,7,9H,3,5,14H2,(H,16,17)(H,18,19);1-2,5,7-8H,3-4,13H2,(H,15,16)(H,17,18);1-2,4,7-8H,3,5,13H2,(H,15,16)(H,17,18);1-3,6,8H,4-5,13H2,(H,15,16)(H,17,18);1-3,7-8H,4-5,13H2,(H,15,16)(H,17,18);8-9H,1-7,13H2,(H,14,15)(H,16,17). The number of halogens is 6. The highest BCUT2D eigenvalue weighted by atomic mass is 19.1. The molecule has 612 valence electrons. The minimum Gasteiger partial charge on any atom is -0.481 e. The molecule has 0 amide bonds. The van der Waals surface area contributed by atoms with Gasteiger partial charge >= 0.3 is 77.3 Å². The van der Waals surface area contributed by atoms with Crippen LogP contribution >= 0.6 is 0 Å². The summed E-state index contributed by atoms with van der Waals surface area (Å²) in [6.07, 6.45) is 3.25. The Balaban J connectivity index is 0.00000131. The van der Waals surface area contributed by atoms with E-state index < -0.39 is 184 Å². The number of carboxylic acid groups (broad SMARTS) is 12. The summed E-state index contributed by atoms with van der Waals surface area (Å²) in [6, 6.07) is 7.41. The Bertz CT molecular complexity index is 3800. The maximum atomic E-state index is 13.4. The molecule has 0 aliphatic heterocycles. The van der Waals surface area contributed by atoms with E-state index in [1.165, 1.54) is 61.1 Å². The second kappa shape index (κ2) is 52.3. The van der Waals surface area contributed by atoms with Crippen LogP contribution in [0.5, 0.6) is 0 Å². The van der Waals surface area contributed by atoms with E-state index >= 15 is 0 Å². The lowest BCUT2D eigenvalue weighted by atomic mass is 9.93. The van der Waals surface area contributed by atoms with Gasteiger partial charge in [-0.3, -0.25) is 67.2 Å². The van der Waals surface area contributed by atoms with Crippen LogP contribution in [-0.2, 0) is 94.4 Å². The normalized spacial score (nSPS) is 13.8. The average Bonchev–Trinajstić information content (AvgIpc) is 0.860. The van der Waals surface area contributed by atoms with Crippen LogP contribution in [0.3, 0.4) is 0 Å². The number of benzene rings is 1. The zero-order chi connectivity index (χ0) is 84.9. The number of hydrogen-bond donors (Lipinski definition) is 18. The smallest absolute Gasteiger partial charge is 0.332 e. The molecule has 24 N–H and O–H groups in total. The number of unbranched alkanes of at least 4 members (excludes halogenated alkanes) is 3. The number of nitro groups is 1. The summed E-state index contributed by atoms with van der Waals surface area (Å²) in [7, 11) is 0. The highest BCUT2D eigenvalue weighted by Crippen LogP contribution is 2.23. The van der Waals surface area contributed by atoms with Crippen molar-refractivity contribution in [2.75, 3.05) is 13.3 Å². The summed E-state index contributed by atoms with van der Waals surface area (Å²) < 4.78 is 81.8. The van der Waals surface area contributed by atoms with Gasteiger partial charge < -0.3 is 100 Å². The van der Waals surface area contributed by atoms with Crippen molar-refractivity contribution in [3.05, 3.63) is 159 Å². The molecule has 5 rings (SSSR count). The molecule has 4 heterocycles. The quantitative estimate of drug-likeness (QED) is 0.00878. The maximum absolute atomic E-state index is 13.4. The zero-order valence-electron chi connectivity index (χ0n) is 58.6. The summed E-state index contributed by atoms with van der Waals surface area (Å²) >= 11 is 0. The molecule has 0 saturated heterocycles. The molecule has 5 aromatic rings. The van der Waals surface area contributed by atoms with Crippen LogP contribution in [0.2, 0.25) is 0 Å². The van der Waals surface area contributed by atoms with Gasteiger partial charge in [0.25, 0.3) is 0 Å². The van der Waals surface area contributed by atoms with E-state index in [1.807, 2.05) is 0 Å². The number of ether oxygens (including phenoxy) is 1. The minimum atomic E-state index is -1.35. The Morgan fingerprint density at radius 3 is 1.20 bits per heavy atom. The average molecular weight is 1590 g/mol. The third-order valence-corrected chi connectivity index (χ3v) is 15.2. The molecular weight excluding hydrogens is 1500 g/mol. The summed E-state index contributed by atoms with van der Waals surface area (Å²) in [6.45, 7) is -0.151. The van der Waals surface area contributed by atoms with Gasteiger partial charge in [-0.05, 0) is 130 Å². The first-order chi connectivity index (χ1) is 51.8. The van der Waals surface area contributed by atoms with E-state index in [-0.39, 0.29) is 101 Å². The largest absolute Gasteiger partial charge is 0.481 e. The summed E-state index contributed by atoms with van der Waals surface area (Å²) in [5.41, 5.74) is 32.5. The third kappa shape index (κ3) is 42.5. The Morgan fingerprint density at radius 1 is 0.405 bits per heavy atom. The molecule has 0 saturated carbocycles. The van der Waals surface area contributed by atoms with Gasteiger partial charge in [-0.2, -0.15) is 22.0 Å². The van der Waals surface area contributed by atoms with Crippen molar-refractivity contribution in [1.29, 1.82) is 0 Å². The van der Waals surface area contributed by atoms with Crippen molar-refractivity contribution < 1.29 is 155 Å². The van der Waals surface area contributed by atoms with Crippen molar-refractivity contribution in [3.8, 4) is 0 Å². The van der Waals surface area contributed by atoms with Crippen molar-refractivity contribution in [1.82, 2.24) is 19.9 Å². The fourth-order valence-corrected chi connectivity index (χ4v) is 9.17. The van der Waals surface area contributed by atoms with Crippen LogP contribution in [0.4, 0.5) is 32.0 Å². The first kappa shape index (κ1) is 99.2. The maximum Gasteiger partial charge on any atom is 0.332 e. The number of carboxylic acids is 12. The number of aromatic nitrogens is 4. The molecule has 0 bridgehead atoms. The van der Waals surface area contributed by atoms with Crippen molar-refractivity contribution in [3.63, 3.8) is 0 Å². The van der Waals surface area contributed by atoms with Crippen molar-refractivity contribution >= 4 is 77.3 Å². The molecule has 0 spiro atoms. The number of aliphatic carboxylic acids is 12. The second-order valence-corrected chi connectivity index (χ2v) is 24.0. The van der Waals surface area contributed by atoms with Gasteiger partial charge in [0.2, 0.25) is 29.6 Å². The molecule has 12 unspecified atom stereocenters. The van der Waals surface area contributed by atoms with E-state index in [1.54, 1.807) is 0 Å². The molecule has 0 radical (unpaired) electrons. The van der Waals surface area contributed by atoms with Gasteiger partial charge in [0.15, 0.2) is 6.10 Å². The molecular formula is C67H85F6N11O27. The first-order valence-electron chi connectivity index (χ1n) is 32.6. The van der Waals surface area contributed by atoms with Gasteiger partial charge in [-0.25, -0.2) is 24.7 Å². The number of rotatable bonds is 42. The summed E-state index contributed by atoms with van der Waals surface area (Å²) in [5, 5.41) is 116. The molecule has 1 aromatic carbocycles. The number of pyridine rings is 4. The predicted octanol–water partition coefficient (Wildman–Crippen LogP) is 2.63. The Labute approximate surface area is 625 Å². The molecule has 0 aliphatic rings. The van der Waals surface area contributed by atoms with Crippen LogP contribution in [-0.4, -0.2) is 213 Å². The lowest BCUT2D eigenvalue weighted by Gasteiger charge is -2.15. The Hall–Kier alpha value is -11.8. The topological polar surface area (TPSA) is 708 Å². The molecule has 4 aromatic heterocycles. The van der Waals surface area contributed by atoms with E-state index in [4.69, 9.17) is 100 Å². The number of nitro benzene ring substituents is 1. The minimum absolute atomic E-state index is 0.00968. The van der Waals surface area contributed by atoms with Gasteiger partial charge in [0.1, 0.15) is 36.3 Å².